The SMILES string of the molecule is CCOC(=O)[C@H]1CCCN(C(=O)[C@@H]2CCC(=O)N2c2cc(=O)oc3ccccc23)C1. The monoisotopic (exact) mass is 412 g/mol. The maximum atomic E-state index is 13.4. The zero-order chi connectivity index (χ0) is 21.3. The van der Waals surface area contributed by atoms with Crippen molar-refractivity contribution in [2.75, 3.05) is 24.6 Å². The first kappa shape index (κ1) is 20.1. The average Bonchev–Trinajstić information content (AvgIpc) is 3.14. The van der Waals surface area contributed by atoms with Crippen LogP contribution in [0.1, 0.15) is 32.6 Å². The number of hydrogen-bond acceptors (Lipinski definition) is 6. The van der Waals surface area contributed by atoms with Gasteiger partial charge < -0.3 is 14.1 Å². The van der Waals surface area contributed by atoms with Crippen molar-refractivity contribution in [2.45, 2.75) is 38.6 Å². The third-order valence-electron chi connectivity index (χ3n) is 5.74. The van der Waals surface area contributed by atoms with Gasteiger partial charge in [0.25, 0.3) is 0 Å². The molecule has 0 aliphatic carbocycles. The highest BCUT2D eigenvalue weighted by molar-refractivity contribution is 6.08. The predicted molar refractivity (Wildman–Crippen MR) is 109 cm³/mol. The third kappa shape index (κ3) is 3.69. The summed E-state index contributed by atoms with van der Waals surface area (Å²) in [4.78, 5) is 53.4. The Bertz CT molecular complexity index is 1050. The van der Waals surface area contributed by atoms with Gasteiger partial charge in [-0.15, -0.1) is 0 Å². The Morgan fingerprint density at radius 3 is 2.80 bits per heavy atom. The lowest BCUT2D eigenvalue weighted by atomic mass is 9.97. The molecule has 4 rings (SSSR count). The molecule has 0 N–H and O–H groups in total. The summed E-state index contributed by atoms with van der Waals surface area (Å²) in [5.74, 6) is -1.05. The predicted octanol–water partition coefficient (Wildman–Crippen LogP) is 2.09. The first-order valence-corrected chi connectivity index (χ1v) is 10.3. The third-order valence-corrected chi connectivity index (χ3v) is 5.74. The minimum absolute atomic E-state index is 0.202. The zero-order valence-corrected chi connectivity index (χ0v) is 16.8. The van der Waals surface area contributed by atoms with E-state index < -0.39 is 11.7 Å². The highest BCUT2D eigenvalue weighted by atomic mass is 16.5. The van der Waals surface area contributed by atoms with Crippen LogP contribution in [0.15, 0.2) is 39.5 Å². The molecule has 1 aromatic heterocycles. The highest BCUT2D eigenvalue weighted by Crippen LogP contribution is 2.33. The number of hydrogen-bond donors (Lipinski definition) is 0. The Kier molecular flexibility index (Phi) is 5.57. The van der Waals surface area contributed by atoms with Crippen LogP contribution in [0.2, 0.25) is 0 Å². The van der Waals surface area contributed by atoms with E-state index in [1.54, 1.807) is 36.1 Å². The van der Waals surface area contributed by atoms with Crippen LogP contribution >= 0.6 is 0 Å². The molecule has 1 aromatic carbocycles. The molecule has 0 unspecified atom stereocenters. The molecule has 2 saturated heterocycles. The first-order chi connectivity index (χ1) is 14.5. The van der Waals surface area contributed by atoms with Crippen molar-refractivity contribution in [1.82, 2.24) is 4.90 Å². The van der Waals surface area contributed by atoms with Gasteiger partial charge >= 0.3 is 11.6 Å². The molecule has 3 heterocycles. The van der Waals surface area contributed by atoms with Gasteiger partial charge in [0.1, 0.15) is 11.6 Å². The van der Waals surface area contributed by atoms with Gasteiger partial charge in [0.15, 0.2) is 0 Å². The smallest absolute Gasteiger partial charge is 0.338 e. The summed E-state index contributed by atoms with van der Waals surface area (Å²) in [5.41, 5.74) is 0.183. The lowest BCUT2D eigenvalue weighted by molar-refractivity contribution is -0.151. The van der Waals surface area contributed by atoms with Gasteiger partial charge in [0, 0.05) is 31.0 Å². The van der Waals surface area contributed by atoms with Gasteiger partial charge in [0.2, 0.25) is 11.8 Å². The molecule has 2 amide bonds. The average molecular weight is 412 g/mol. The van der Waals surface area contributed by atoms with Crippen LogP contribution in [0.3, 0.4) is 0 Å². The van der Waals surface area contributed by atoms with Gasteiger partial charge in [-0.25, -0.2) is 4.79 Å². The quantitative estimate of drug-likeness (QED) is 0.564. The molecule has 0 saturated carbocycles. The number of anilines is 1. The van der Waals surface area contributed by atoms with E-state index in [2.05, 4.69) is 0 Å². The Morgan fingerprint density at radius 2 is 2.00 bits per heavy atom. The van der Waals surface area contributed by atoms with Gasteiger partial charge in [-0.3, -0.25) is 19.3 Å². The normalized spacial score (nSPS) is 21.8. The first-order valence-electron chi connectivity index (χ1n) is 10.3. The second kappa shape index (κ2) is 8.30. The number of nitrogens with zero attached hydrogens (tertiary/aromatic N) is 2. The van der Waals surface area contributed by atoms with E-state index in [0.717, 1.165) is 0 Å². The number of carbonyl (C=O) groups is 3. The summed E-state index contributed by atoms with van der Waals surface area (Å²) >= 11 is 0. The Morgan fingerprint density at radius 1 is 1.20 bits per heavy atom. The van der Waals surface area contributed by atoms with Crippen molar-refractivity contribution < 1.29 is 23.5 Å². The second-order valence-corrected chi connectivity index (χ2v) is 7.64. The molecular weight excluding hydrogens is 388 g/mol. The van der Waals surface area contributed by atoms with E-state index in [4.69, 9.17) is 9.15 Å². The van der Waals surface area contributed by atoms with E-state index in [0.29, 0.717) is 49.1 Å². The lowest BCUT2D eigenvalue weighted by Gasteiger charge is -2.35. The van der Waals surface area contributed by atoms with Crippen LogP contribution in [-0.4, -0.2) is 48.4 Å². The van der Waals surface area contributed by atoms with E-state index in [-0.39, 0.29) is 36.7 Å². The minimum Gasteiger partial charge on any atom is -0.466 e. The van der Waals surface area contributed by atoms with Crippen LogP contribution < -0.4 is 10.5 Å². The van der Waals surface area contributed by atoms with Crippen molar-refractivity contribution >= 4 is 34.4 Å². The molecule has 158 valence electrons. The molecule has 0 spiro atoms. The number of ether oxygens (including phenoxy) is 1. The van der Waals surface area contributed by atoms with Crippen molar-refractivity contribution in [3.63, 3.8) is 0 Å². The van der Waals surface area contributed by atoms with Crippen LogP contribution in [0.5, 0.6) is 0 Å². The number of benzene rings is 1. The number of fused-ring (bicyclic) bond motifs is 1. The number of likely N-dealkylation sites (tertiary alicyclic amines) is 1. The van der Waals surface area contributed by atoms with Crippen LogP contribution in [0, 0.1) is 5.92 Å². The number of para-hydroxylation sites is 1. The summed E-state index contributed by atoms with van der Waals surface area (Å²) < 4.78 is 10.3. The van der Waals surface area contributed by atoms with Crippen LogP contribution in [0.4, 0.5) is 5.69 Å². The van der Waals surface area contributed by atoms with Crippen LogP contribution in [0.25, 0.3) is 11.0 Å². The number of carbonyl (C=O) groups excluding carboxylic acids is 3. The zero-order valence-electron chi connectivity index (χ0n) is 16.8. The van der Waals surface area contributed by atoms with Crippen LogP contribution in [-0.2, 0) is 19.1 Å². The van der Waals surface area contributed by atoms with Gasteiger partial charge in [-0.05, 0) is 38.3 Å². The molecule has 8 heteroatoms. The molecule has 8 nitrogen and oxygen atoms in total. The fourth-order valence-corrected chi connectivity index (χ4v) is 4.35. The van der Waals surface area contributed by atoms with Gasteiger partial charge in [-0.1, -0.05) is 12.1 Å². The standard InChI is InChI=1S/C22H24N2O6/c1-2-29-22(28)14-6-5-11-23(13-14)21(27)16-9-10-19(25)24(16)17-12-20(26)30-18-8-4-3-7-15(17)18/h3-4,7-8,12,14,16H,2,5-6,9-11,13H2,1H3/t14-,16-/m0/s1. The fraction of sp³-hybridized carbons (Fsp3) is 0.455. The number of esters is 1. The number of piperidine rings is 1. The van der Waals surface area contributed by atoms with E-state index in [9.17, 15) is 19.2 Å². The summed E-state index contributed by atoms with van der Waals surface area (Å²) in [7, 11) is 0. The second-order valence-electron chi connectivity index (χ2n) is 7.64. The molecular formula is C22H24N2O6. The Labute approximate surface area is 173 Å². The largest absolute Gasteiger partial charge is 0.466 e. The van der Waals surface area contributed by atoms with E-state index >= 15 is 0 Å². The molecule has 30 heavy (non-hydrogen) atoms. The van der Waals surface area contributed by atoms with Crippen molar-refractivity contribution in [3.8, 4) is 0 Å². The number of rotatable bonds is 4. The van der Waals surface area contributed by atoms with Crippen molar-refractivity contribution in [3.05, 3.63) is 40.8 Å². The Balaban J connectivity index is 1.63. The fourth-order valence-electron chi connectivity index (χ4n) is 4.35. The van der Waals surface area contributed by atoms with Crippen molar-refractivity contribution in [1.29, 1.82) is 0 Å². The number of amides is 2. The van der Waals surface area contributed by atoms with E-state index in [1.165, 1.54) is 11.0 Å². The topological polar surface area (TPSA) is 97.1 Å². The summed E-state index contributed by atoms with van der Waals surface area (Å²) in [6, 6.07) is 7.52. The highest BCUT2D eigenvalue weighted by Gasteiger charge is 2.41. The van der Waals surface area contributed by atoms with Gasteiger partial charge in [-0.2, -0.15) is 0 Å². The molecule has 0 bridgehead atoms. The van der Waals surface area contributed by atoms with Crippen molar-refractivity contribution in [2.24, 2.45) is 5.92 Å². The minimum atomic E-state index is -0.705. The maximum Gasteiger partial charge on any atom is 0.338 e. The summed E-state index contributed by atoms with van der Waals surface area (Å²) in [6.45, 7) is 2.88. The lowest BCUT2D eigenvalue weighted by Crippen LogP contribution is -2.51. The molecule has 2 atom stereocenters. The Hall–Kier alpha value is -3.16. The molecule has 0 radical (unpaired) electrons. The molecule has 2 aliphatic heterocycles. The van der Waals surface area contributed by atoms with E-state index in [1.807, 2.05) is 0 Å². The maximum absolute atomic E-state index is 13.4. The molecule has 2 aliphatic rings. The van der Waals surface area contributed by atoms with Gasteiger partial charge in [0.05, 0.1) is 18.2 Å². The molecule has 2 fully saturated rings. The molecule has 2 aromatic rings. The summed E-state index contributed by atoms with van der Waals surface area (Å²) in [5, 5.41) is 0.605. The summed E-state index contributed by atoms with van der Waals surface area (Å²) in [6.07, 6.45) is 1.97.